The number of aliphatic hydroxyl groups excluding tert-OH is 1. The second-order valence-corrected chi connectivity index (χ2v) is 5.22. The average Bonchev–Trinajstić information content (AvgIpc) is 2.22. The van der Waals surface area contributed by atoms with Gasteiger partial charge in [-0.05, 0) is 24.6 Å². The lowest BCUT2D eigenvalue weighted by molar-refractivity contribution is 0.131. The summed E-state index contributed by atoms with van der Waals surface area (Å²) >= 11 is 5.93. The molecule has 1 atom stereocenters. The van der Waals surface area contributed by atoms with Crippen LogP contribution in [-0.2, 0) is 0 Å². The molecule has 0 saturated heterocycles. The van der Waals surface area contributed by atoms with Gasteiger partial charge in [0.25, 0.3) is 0 Å². The number of aliphatic hydroxyl groups is 1. The summed E-state index contributed by atoms with van der Waals surface area (Å²) in [4.78, 5) is 0. The molecule has 0 aliphatic heterocycles. The van der Waals surface area contributed by atoms with Crippen LogP contribution in [0.5, 0.6) is 5.75 Å². The minimum Gasteiger partial charge on any atom is -0.507 e. The lowest BCUT2D eigenvalue weighted by Gasteiger charge is -2.30. The highest BCUT2D eigenvalue weighted by atomic mass is 35.5. The summed E-state index contributed by atoms with van der Waals surface area (Å²) in [7, 11) is 0. The summed E-state index contributed by atoms with van der Waals surface area (Å²) in [5.41, 5.74) is 6.80. The van der Waals surface area contributed by atoms with Gasteiger partial charge in [-0.15, -0.1) is 12.4 Å². The van der Waals surface area contributed by atoms with Crippen LogP contribution in [0.1, 0.15) is 31.0 Å². The molecule has 0 saturated carbocycles. The van der Waals surface area contributed by atoms with Gasteiger partial charge in [-0.2, -0.15) is 0 Å². The molecule has 0 heterocycles. The maximum atomic E-state index is 9.93. The van der Waals surface area contributed by atoms with Crippen molar-refractivity contribution in [3.05, 3.63) is 28.3 Å². The fourth-order valence-electron chi connectivity index (χ4n) is 1.52. The maximum absolute atomic E-state index is 9.93. The monoisotopic (exact) mass is 279 g/mol. The first-order valence-electron chi connectivity index (χ1n) is 5.15. The van der Waals surface area contributed by atoms with Crippen molar-refractivity contribution < 1.29 is 10.2 Å². The highest BCUT2D eigenvalue weighted by Gasteiger charge is 2.29. The fraction of sp³-hybridized carbons (Fsp3) is 0.500. The van der Waals surface area contributed by atoms with Gasteiger partial charge in [0.1, 0.15) is 5.75 Å². The third-order valence-electron chi connectivity index (χ3n) is 2.88. The summed E-state index contributed by atoms with van der Waals surface area (Å²) in [6, 6.07) is 2.86. The van der Waals surface area contributed by atoms with Gasteiger partial charge in [-0.25, -0.2) is 0 Å². The Morgan fingerprint density at radius 3 is 2.41 bits per heavy atom. The van der Waals surface area contributed by atoms with E-state index in [-0.39, 0.29) is 24.8 Å². The first kappa shape index (κ1) is 16.5. The Bertz CT molecular complexity index is 394. The molecule has 5 heteroatoms. The zero-order chi connectivity index (χ0) is 12.5. The Labute approximate surface area is 113 Å². The maximum Gasteiger partial charge on any atom is 0.123 e. The smallest absolute Gasteiger partial charge is 0.123 e. The van der Waals surface area contributed by atoms with Gasteiger partial charge in [-0.1, -0.05) is 25.4 Å². The number of hydrogen-bond donors (Lipinski definition) is 3. The molecule has 0 unspecified atom stereocenters. The van der Waals surface area contributed by atoms with E-state index in [4.69, 9.17) is 17.3 Å². The minimum absolute atomic E-state index is 0. The number of phenolic OH excluding ortho intramolecular Hbond substituents is 1. The molecule has 0 radical (unpaired) electrons. The molecule has 1 rings (SSSR count). The largest absolute Gasteiger partial charge is 0.507 e. The van der Waals surface area contributed by atoms with Crippen molar-refractivity contribution in [1.82, 2.24) is 0 Å². The molecule has 17 heavy (non-hydrogen) atoms. The van der Waals surface area contributed by atoms with Crippen LogP contribution >= 0.6 is 24.0 Å². The number of phenols is 1. The van der Waals surface area contributed by atoms with E-state index in [1.54, 1.807) is 19.1 Å². The number of hydrogen-bond acceptors (Lipinski definition) is 3. The molecule has 0 aromatic heterocycles. The van der Waals surface area contributed by atoms with Crippen molar-refractivity contribution >= 4 is 24.0 Å². The number of nitrogens with two attached hydrogens (primary N) is 1. The lowest BCUT2D eigenvalue weighted by atomic mass is 9.81. The van der Waals surface area contributed by atoms with Crippen LogP contribution in [0.4, 0.5) is 0 Å². The van der Waals surface area contributed by atoms with E-state index in [9.17, 15) is 10.2 Å². The van der Waals surface area contributed by atoms with Crippen molar-refractivity contribution in [1.29, 1.82) is 0 Å². The van der Waals surface area contributed by atoms with Crippen LogP contribution in [0, 0.1) is 12.3 Å². The predicted octanol–water partition coefficient (Wildman–Crippen LogP) is 2.79. The summed E-state index contributed by atoms with van der Waals surface area (Å²) in [6.45, 7) is 5.39. The Balaban J connectivity index is 0.00000256. The fourth-order valence-corrected chi connectivity index (χ4v) is 1.80. The van der Waals surface area contributed by atoms with Gasteiger partial charge in [0.2, 0.25) is 0 Å². The standard InChI is InChI=1S/C12H18ClNO2.ClH/c1-7-4-8(13)5-9(10(7)16)11(14)12(2,3)6-15;/h4-5,11,15-16H,6,14H2,1-3H3;1H/t11-;/m0./s1. The van der Waals surface area contributed by atoms with Crippen molar-refractivity contribution in [2.75, 3.05) is 6.61 Å². The van der Waals surface area contributed by atoms with E-state index in [2.05, 4.69) is 0 Å². The third-order valence-corrected chi connectivity index (χ3v) is 3.10. The quantitative estimate of drug-likeness (QED) is 0.797. The summed E-state index contributed by atoms with van der Waals surface area (Å²) in [5.74, 6) is 0.151. The Morgan fingerprint density at radius 1 is 1.41 bits per heavy atom. The molecule has 0 aliphatic carbocycles. The molecule has 0 bridgehead atoms. The summed E-state index contributed by atoms with van der Waals surface area (Å²) in [6.07, 6.45) is 0. The number of aromatic hydroxyl groups is 1. The molecule has 98 valence electrons. The third kappa shape index (κ3) is 3.49. The molecule has 1 aromatic rings. The second kappa shape index (κ2) is 5.91. The molecule has 0 spiro atoms. The first-order chi connectivity index (χ1) is 7.29. The summed E-state index contributed by atoms with van der Waals surface area (Å²) < 4.78 is 0. The number of aryl methyl sites for hydroxylation is 1. The van der Waals surface area contributed by atoms with Gasteiger partial charge in [0.15, 0.2) is 0 Å². The lowest BCUT2D eigenvalue weighted by Crippen LogP contribution is -2.32. The SMILES string of the molecule is Cc1cc(Cl)cc([C@H](N)C(C)(C)CO)c1O.Cl. The van der Waals surface area contributed by atoms with Crippen molar-refractivity contribution in [3.63, 3.8) is 0 Å². The van der Waals surface area contributed by atoms with E-state index in [1.165, 1.54) is 0 Å². The van der Waals surface area contributed by atoms with Crippen LogP contribution in [0.2, 0.25) is 5.02 Å². The van der Waals surface area contributed by atoms with Crippen LogP contribution in [0.25, 0.3) is 0 Å². The van der Waals surface area contributed by atoms with Gasteiger partial charge < -0.3 is 15.9 Å². The first-order valence-corrected chi connectivity index (χ1v) is 5.53. The molecule has 4 N–H and O–H groups in total. The molecular weight excluding hydrogens is 261 g/mol. The summed E-state index contributed by atoms with van der Waals surface area (Å²) in [5, 5.41) is 19.7. The van der Waals surface area contributed by atoms with Crippen LogP contribution < -0.4 is 5.73 Å². The van der Waals surface area contributed by atoms with Gasteiger partial charge in [0, 0.05) is 28.6 Å². The van der Waals surface area contributed by atoms with E-state index < -0.39 is 11.5 Å². The van der Waals surface area contributed by atoms with Gasteiger partial charge in [0.05, 0.1) is 0 Å². The molecule has 1 aromatic carbocycles. The van der Waals surface area contributed by atoms with Crippen molar-refractivity contribution in [2.24, 2.45) is 11.1 Å². The van der Waals surface area contributed by atoms with Crippen LogP contribution in [-0.4, -0.2) is 16.8 Å². The Kier molecular flexibility index (Phi) is 5.75. The highest BCUT2D eigenvalue weighted by Crippen LogP contribution is 2.38. The molecule has 0 aliphatic rings. The van der Waals surface area contributed by atoms with Crippen LogP contribution in [0.3, 0.4) is 0 Å². The Hall–Kier alpha value is -0.480. The average molecular weight is 280 g/mol. The van der Waals surface area contributed by atoms with Gasteiger partial charge in [-0.3, -0.25) is 0 Å². The highest BCUT2D eigenvalue weighted by molar-refractivity contribution is 6.30. The number of halogens is 2. The zero-order valence-electron chi connectivity index (χ0n) is 10.2. The zero-order valence-corrected chi connectivity index (χ0v) is 11.8. The topological polar surface area (TPSA) is 66.5 Å². The van der Waals surface area contributed by atoms with E-state index in [0.29, 0.717) is 16.1 Å². The van der Waals surface area contributed by atoms with Crippen molar-refractivity contribution in [3.8, 4) is 5.75 Å². The predicted molar refractivity (Wildman–Crippen MR) is 72.9 cm³/mol. The normalized spacial score (nSPS) is 13.1. The van der Waals surface area contributed by atoms with E-state index >= 15 is 0 Å². The molecule has 0 fully saturated rings. The molecule has 3 nitrogen and oxygen atoms in total. The second-order valence-electron chi connectivity index (χ2n) is 4.78. The van der Waals surface area contributed by atoms with E-state index in [1.807, 2.05) is 13.8 Å². The van der Waals surface area contributed by atoms with Gasteiger partial charge >= 0.3 is 0 Å². The minimum atomic E-state index is -0.505. The number of benzene rings is 1. The van der Waals surface area contributed by atoms with Crippen LogP contribution in [0.15, 0.2) is 12.1 Å². The number of rotatable bonds is 3. The van der Waals surface area contributed by atoms with E-state index in [0.717, 1.165) is 0 Å². The Morgan fingerprint density at radius 2 is 1.94 bits per heavy atom. The van der Waals surface area contributed by atoms with Crippen molar-refractivity contribution in [2.45, 2.75) is 26.8 Å². The molecule has 0 amide bonds. The molecular formula is C12H19Cl2NO2.